The molecule has 0 aromatic heterocycles. The molecule has 1 aromatic rings. The summed E-state index contributed by atoms with van der Waals surface area (Å²) in [4.78, 5) is 14.4. The standard InChI is InChI=1S/C17H24BrFN2O2.ClH/c1-3-20-11-13-6-8-21(9-7-13)17(22)12(2)23-16-5-4-14(19)10-15(16)18;/h4-5,10,12-13,20H,3,6-9,11H2,1-2H3;1H. The van der Waals surface area contributed by atoms with Gasteiger partial charge in [-0.15, -0.1) is 12.4 Å². The molecule has 1 aliphatic rings. The van der Waals surface area contributed by atoms with E-state index in [1.54, 1.807) is 6.92 Å². The van der Waals surface area contributed by atoms with E-state index in [0.29, 0.717) is 16.1 Å². The molecule has 24 heavy (non-hydrogen) atoms. The molecule has 1 saturated heterocycles. The average molecular weight is 424 g/mol. The molecule has 0 bridgehead atoms. The van der Waals surface area contributed by atoms with Crippen molar-refractivity contribution < 1.29 is 13.9 Å². The number of rotatable bonds is 6. The largest absolute Gasteiger partial charge is 0.480 e. The Kier molecular flexibility index (Phi) is 9.02. The van der Waals surface area contributed by atoms with Gasteiger partial charge in [-0.05, 0) is 72.9 Å². The van der Waals surface area contributed by atoms with Crippen molar-refractivity contribution in [3.63, 3.8) is 0 Å². The van der Waals surface area contributed by atoms with E-state index >= 15 is 0 Å². The molecule has 136 valence electrons. The van der Waals surface area contributed by atoms with Crippen LogP contribution in [0.4, 0.5) is 4.39 Å². The summed E-state index contributed by atoms with van der Waals surface area (Å²) in [6.45, 7) is 7.39. The van der Waals surface area contributed by atoms with Crippen LogP contribution in [-0.2, 0) is 4.79 Å². The van der Waals surface area contributed by atoms with Crippen LogP contribution in [0.1, 0.15) is 26.7 Å². The van der Waals surface area contributed by atoms with E-state index in [2.05, 4.69) is 28.2 Å². The highest BCUT2D eigenvalue weighted by Gasteiger charge is 2.27. The molecular formula is C17H25BrClFN2O2. The van der Waals surface area contributed by atoms with Crippen LogP contribution in [0.25, 0.3) is 0 Å². The van der Waals surface area contributed by atoms with E-state index < -0.39 is 6.10 Å². The van der Waals surface area contributed by atoms with E-state index in [1.807, 2.05) is 4.90 Å². The zero-order chi connectivity index (χ0) is 16.8. The fourth-order valence-electron chi connectivity index (χ4n) is 2.77. The first-order chi connectivity index (χ1) is 11.0. The number of carbonyl (C=O) groups is 1. The molecule has 4 nitrogen and oxygen atoms in total. The smallest absolute Gasteiger partial charge is 0.263 e. The van der Waals surface area contributed by atoms with Gasteiger partial charge in [0.15, 0.2) is 6.10 Å². The van der Waals surface area contributed by atoms with E-state index in [9.17, 15) is 9.18 Å². The molecule has 1 aromatic carbocycles. The van der Waals surface area contributed by atoms with Gasteiger partial charge < -0.3 is 15.0 Å². The Morgan fingerprint density at radius 3 is 2.71 bits per heavy atom. The first-order valence-corrected chi connectivity index (χ1v) is 8.91. The lowest BCUT2D eigenvalue weighted by molar-refractivity contribution is -0.139. The second kappa shape index (κ2) is 10.2. The number of amides is 1. The summed E-state index contributed by atoms with van der Waals surface area (Å²) < 4.78 is 19.3. The van der Waals surface area contributed by atoms with Crippen LogP contribution in [0.2, 0.25) is 0 Å². The minimum atomic E-state index is -0.581. The van der Waals surface area contributed by atoms with E-state index in [4.69, 9.17) is 4.74 Å². The molecule has 1 N–H and O–H groups in total. The molecule has 0 spiro atoms. The number of nitrogens with zero attached hydrogens (tertiary/aromatic N) is 1. The van der Waals surface area contributed by atoms with Crippen molar-refractivity contribution in [2.45, 2.75) is 32.8 Å². The number of likely N-dealkylation sites (tertiary alicyclic amines) is 1. The second-order valence-electron chi connectivity index (χ2n) is 5.91. The lowest BCUT2D eigenvalue weighted by Crippen LogP contribution is -2.45. The molecule has 0 aliphatic carbocycles. The van der Waals surface area contributed by atoms with Crippen molar-refractivity contribution in [3.05, 3.63) is 28.5 Å². The van der Waals surface area contributed by atoms with E-state index in [0.717, 1.165) is 39.0 Å². The van der Waals surface area contributed by atoms with Crippen LogP contribution < -0.4 is 10.1 Å². The Hall–Kier alpha value is -0.850. The van der Waals surface area contributed by atoms with Gasteiger partial charge in [0.1, 0.15) is 11.6 Å². The minimum Gasteiger partial charge on any atom is -0.480 e. The molecular weight excluding hydrogens is 399 g/mol. The number of hydrogen-bond donors (Lipinski definition) is 1. The summed E-state index contributed by atoms with van der Waals surface area (Å²) in [5.74, 6) is 0.768. The van der Waals surface area contributed by atoms with Crippen LogP contribution in [0.15, 0.2) is 22.7 Å². The quantitative estimate of drug-likeness (QED) is 0.760. The predicted octanol–water partition coefficient (Wildman–Crippen LogP) is 3.63. The molecule has 1 heterocycles. The molecule has 1 unspecified atom stereocenters. The fourth-order valence-corrected chi connectivity index (χ4v) is 3.22. The van der Waals surface area contributed by atoms with Crippen LogP contribution >= 0.6 is 28.3 Å². The number of nitrogens with one attached hydrogen (secondary N) is 1. The zero-order valence-electron chi connectivity index (χ0n) is 14.1. The molecule has 1 atom stereocenters. The molecule has 1 aliphatic heterocycles. The van der Waals surface area contributed by atoms with Gasteiger partial charge in [-0.2, -0.15) is 0 Å². The third-order valence-electron chi connectivity index (χ3n) is 4.15. The SMILES string of the molecule is CCNCC1CCN(C(=O)C(C)Oc2ccc(F)cc2Br)CC1.Cl. The van der Waals surface area contributed by atoms with Crippen LogP contribution in [-0.4, -0.2) is 43.1 Å². The van der Waals surface area contributed by atoms with Gasteiger partial charge in [0.05, 0.1) is 4.47 Å². The maximum atomic E-state index is 13.1. The Balaban J connectivity index is 0.00000288. The van der Waals surface area contributed by atoms with Gasteiger partial charge in [0, 0.05) is 13.1 Å². The van der Waals surface area contributed by atoms with Gasteiger partial charge in [-0.1, -0.05) is 6.92 Å². The van der Waals surface area contributed by atoms with Gasteiger partial charge in [-0.3, -0.25) is 4.79 Å². The maximum absolute atomic E-state index is 13.1. The highest BCUT2D eigenvalue weighted by atomic mass is 79.9. The Labute approximate surface area is 157 Å². The third kappa shape index (κ3) is 5.90. The van der Waals surface area contributed by atoms with Crippen molar-refractivity contribution in [1.29, 1.82) is 0 Å². The average Bonchev–Trinajstić information content (AvgIpc) is 2.55. The predicted molar refractivity (Wildman–Crippen MR) is 99.3 cm³/mol. The van der Waals surface area contributed by atoms with E-state index in [1.165, 1.54) is 18.2 Å². The number of piperidine rings is 1. The molecule has 0 radical (unpaired) electrons. The first kappa shape index (κ1) is 21.2. The van der Waals surface area contributed by atoms with Gasteiger partial charge in [0.25, 0.3) is 5.91 Å². The lowest BCUT2D eigenvalue weighted by atomic mass is 9.96. The zero-order valence-corrected chi connectivity index (χ0v) is 16.5. The maximum Gasteiger partial charge on any atom is 0.263 e. The highest BCUT2D eigenvalue weighted by Crippen LogP contribution is 2.27. The third-order valence-corrected chi connectivity index (χ3v) is 4.77. The summed E-state index contributed by atoms with van der Waals surface area (Å²) in [5.41, 5.74) is 0. The fraction of sp³-hybridized carbons (Fsp3) is 0.588. The Morgan fingerprint density at radius 1 is 1.46 bits per heavy atom. The summed E-state index contributed by atoms with van der Waals surface area (Å²) in [6, 6.07) is 4.19. The van der Waals surface area contributed by atoms with E-state index in [-0.39, 0.29) is 24.1 Å². The topological polar surface area (TPSA) is 41.6 Å². The number of hydrogen-bond acceptors (Lipinski definition) is 3. The first-order valence-electron chi connectivity index (χ1n) is 8.12. The minimum absolute atomic E-state index is 0. The monoisotopic (exact) mass is 422 g/mol. The second-order valence-corrected chi connectivity index (χ2v) is 6.77. The van der Waals surface area contributed by atoms with Crippen molar-refractivity contribution in [3.8, 4) is 5.75 Å². The molecule has 0 saturated carbocycles. The lowest BCUT2D eigenvalue weighted by Gasteiger charge is -2.33. The number of benzene rings is 1. The Morgan fingerprint density at radius 2 is 2.12 bits per heavy atom. The molecule has 1 fully saturated rings. The number of carbonyl (C=O) groups excluding carboxylic acids is 1. The van der Waals surface area contributed by atoms with Crippen molar-refractivity contribution in [2.24, 2.45) is 5.92 Å². The van der Waals surface area contributed by atoms with Crippen molar-refractivity contribution in [2.75, 3.05) is 26.2 Å². The normalized spacial score (nSPS) is 16.4. The summed E-state index contributed by atoms with van der Waals surface area (Å²) >= 11 is 3.26. The van der Waals surface area contributed by atoms with Crippen LogP contribution in [0.3, 0.4) is 0 Å². The summed E-state index contributed by atoms with van der Waals surface area (Å²) in [7, 11) is 0. The summed E-state index contributed by atoms with van der Waals surface area (Å²) in [6.07, 6.45) is 1.46. The van der Waals surface area contributed by atoms with Crippen molar-refractivity contribution >= 4 is 34.2 Å². The number of halogens is 3. The molecule has 1 amide bonds. The Bertz CT molecular complexity index is 539. The van der Waals surface area contributed by atoms with Gasteiger partial charge in [0.2, 0.25) is 0 Å². The molecule has 7 heteroatoms. The molecule has 2 rings (SSSR count). The van der Waals surface area contributed by atoms with Crippen LogP contribution in [0, 0.1) is 11.7 Å². The summed E-state index contributed by atoms with van der Waals surface area (Å²) in [5, 5.41) is 3.36. The van der Waals surface area contributed by atoms with Crippen LogP contribution in [0.5, 0.6) is 5.75 Å². The van der Waals surface area contributed by atoms with Gasteiger partial charge >= 0.3 is 0 Å². The highest BCUT2D eigenvalue weighted by molar-refractivity contribution is 9.10. The number of ether oxygens (including phenoxy) is 1. The van der Waals surface area contributed by atoms with Gasteiger partial charge in [-0.25, -0.2) is 4.39 Å². The van der Waals surface area contributed by atoms with Crippen molar-refractivity contribution in [1.82, 2.24) is 10.2 Å².